The number of aromatic nitrogens is 2. The number of rotatable bonds is 6. The Bertz CT molecular complexity index is 961. The zero-order chi connectivity index (χ0) is 19.1. The number of carbonyl (C=O) groups excluding carboxylic acids is 1. The van der Waals surface area contributed by atoms with Gasteiger partial charge in [0.2, 0.25) is 5.91 Å². The van der Waals surface area contributed by atoms with Crippen LogP contribution in [0.1, 0.15) is 32.1 Å². The first-order valence-electron chi connectivity index (χ1n) is 9.88. The number of amides is 1. The Labute approximate surface area is 163 Å². The molecule has 1 aliphatic heterocycles. The van der Waals surface area contributed by atoms with Crippen LogP contribution in [0.25, 0.3) is 0 Å². The van der Waals surface area contributed by atoms with Gasteiger partial charge in [-0.2, -0.15) is 5.26 Å². The van der Waals surface area contributed by atoms with Crippen molar-refractivity contribution in [1.82, 2.24) is 9.97 Å². The van der Waals surface area contributed by atoms with Gasteiger partial charge in [0.15, 0.2) is 0 Å². The van der Waals surface area contributed by atoms with E-state index in [-0.39, 0.29) is 11.8 Å². The van der Waals surface area contributed by atoms with Crippen LogP contribution < -0.4 is 15.5 Å². The minimum absolute atomic E-state index is 0.0663. The molecular weight excluding hydrogens is 352 g/mol. The molecule has 0 spiro atoms. The van der Waals surface area contributed by atoms with Gasteiger partial charge in [0.1, 0.15) is 22.9 Å². The summed E-state index contributed by atoms with van der Waals surface area (Å²) in [5, 5.41) is 16.3. The maximum absolute atomic E-state index is 13.0. The normalized spacial score (nSPS) is 24.1. The summed E-state index contributed by atoms with van der Waals surface area (Å²) in [5.41, 5.74) is -0.0612. The molecule has 0 bridgehead atoms. The van der Waals surface area contributed by atoms with Crippen LogP contribution in [0.2, 0.25) is 0 Å². The van der Waals surface area contributed by atoms with E-state index in [1.807, 2.05) is 30.3 Å². The zero-order valence-electron chi connectivity index (χ0n) is 15.6. The molecule has 7 heteroatoms. The van der Waals surface area contributed by atoms with E-state index < -0.39 is 5.41 Å². The molecule has 2 N–H and O–H groups in total. The van der Waals surface area contributed by atoms with Crippen molar-refractivity contribution in [2.45, 2.75) is 38.1 Å². The fraction of sp³-hybridized carbons (Fsp3) is 0.429. The first-order chi connectivity index (χ1) is 13.7. The largest absolute Gasteiger partial charge is 0.367 e. The maximum Gasteiger partial charge on any atom is 0.247 e. The smallest absolute Gasteiger partial charge is 0.247 e. The van der Waals surface area contributed by atoms with E-state index >= 15 is 0 Å². The topological polar surface area (TPSA) is 93.9 Å². The van der Waals surface area contributed by atoms with Gasteiger partial charge in [-0.3, -0.25) is 4.79 Å². The molecule has 1 atom stereocenters. The van der Waals surface area contributed by atoms with Crippen LogP contribution in [-0.2, 0) is 4.79 Å². The minimum Gasteiger partial charge on any atom is -0.367 e. The highest BCUT2D eigenvalue weighted by Gasteiger charge is 2.56. The number of hydrogen-bond donors (Lipinski definition) is 2. The molecule has 0 aromatic carbocycles. The number of pyridine rings is 2. The van der Waals surface area contributed by atoms with Gasteiger partial charge in [-0.25, -0.2) is 9.97 Å². The summed E-state index contributed by atoms with van der Waals surface area (Å²) in [6, 6.07) is 12.3. The van der Waals surface area contributed by atoms with Crippen molar-refractivity contribution in [2.75, 3.05) is 22.1 Å². The molecule has 142 valence electrons. The highest BCUT2D eigenvalue weighted by atomic mass is 16.2. The molecule has 2 aliphatic carbocycles. The van der Waals surface area contributed by atoms with Crippen LogP contribution in [0.15, 0.2) is 36.5 Å². The molecule has 0 unspecified atom stereocenters. The van der Waals surface area contributed by atoms with E-state index in [0.29, 0.717) is 30.6 Å². The first kappa shape index (κ1) is 17.0. The molecule has 3 aliphatic rings. The Balaban J connectivity index is 1.34. The molecule has 2 aromatic heterocycles. The van der Waals surface area contributed by atoms with Crippen molar-refractivity contribution in [3.8, 4) is 6.07 Å². The number of nitriles is 1. The third-order valence-electron chi connectivity index (χ3n) is 5.82. The Hall–Kier alpha value is -3.14. The molecule has 5 rings (SSSR count). The predicted molar refractivity (Wildman–Crippen MR) is 106 cm³/mol. The summed E-state index contributed by atoms with van der Waals surface area (Å²) >= 11 is 0. The Kier molecular flexibility index (Phi) is 3.93. The van der Waals surface area contributed by atoms with E-state index in [2.05, 4.69) is 26.7 Å². The van der Waals surface area contributed by atoms with Crippen LogP contribution in [0.4, 0.5) is 23.1 Å². The second kappa shape index (κ2) is 6.48. The summed E-state index contributed by atoms with van der Waals surface area (Å²) in [4.78, 5) is 23.7. The van der Waals surface area contributed by atoms with Crippen molar-refractivity contribution >= 4 is 29.0 Å². The van der Waals surface area contributed by atoms with E-state index in [4.69, 9.17) is 0 Å². The third kappa shape index (κ3) is 3.05. The predicted octanol–water partition coefficient (Wildman–Crippen LogP) is 3.45. The lowest BCUT2D eigenvalue weighted by atomic mass is 9.83. The molecule has 28 heavy (non-hydrogen) atoms. The zero-order valence-corrected chi connectivity index (χ0v) is 15.6. The number of anilines is 4. The van der Waals surface area contributed by atoms with Gasteiger partial charge in [-0.15, -0.1) is 0 Å². The quantitative estimate of drug-likeness (QED) is 0.804. The average molecular weight is 374 g/mol. The second-order valence-electron chi connectivity index (χ2n) is 7.92. The molecule has 0 radical (unpaired) electrons. The highest BCUT2D eigenvalue weighted by Crippen LogP contribution is 2.51. The summed E-state index contributed by atoms with van der Waals surface area (Å²) in [7, 11) is 0. The van der Waals surface area contributed by atoms with Crippen molar-refractivity contribution in [1.29, 1.82) is 5.26 Å². The van der Waals surface area contributed by atoms with Crippen molar-refractivity contribution in [2.24, 2.45) is 11.3 Å². The van der Waals surface area contributed by atoms with Gasteiger partial charge < -0.3 is 15.5 Å². The average Bonchev–Trinajstić information content (AvgIpc) is 3.62. The monoisotopic (exact) mass is 374 g/mol. The Morgan fingerprint density at radius 2 is 1.96 bits per heavy atom. The first-order valence-corrected chi connectivity index (χ1v) is 9.88. The third-order valence-corrected chi connectivity index (χ3v) is 5.82. The van der Waals surface area contributed by atoms with E-state index in [9.17, 15) is 10.1 Å². The summed E-state index contributed by atoms with van der Waals surface area (Å²) < 4.78 is 0. The molecular formula is C21H22N6O. The van der Waals surface area contributed by atoms with Crippen molar-refractivity contribution < 1.29 is 4.79 Å². The lowest BCUT2D eigenvalue weighted by Gasteiger charge is -2.21. The van der Waals surface area contributed by atoms with Gasteiger partial charge in [0.25, 0.3) is 0 Å². The second-order valence-corrected chi connectivity index (χ2v) is 7.92. The number of nitrogens with zero attached hydrogens (tertiary/aromatic N) is 4. The number of nitrogens with one attached hydrogen (secondary N) is 2. The summed E-state index contributed by atoms with van der Waals surface area (Å²) in [6.45, 7) is 0.575. The molecule has 7 nitrogen and oxygen atoms in total. The maximum atomic E-state index is 13.0. The fourth-order valence-corrected chi connectivity index (χ4v) is 3.94. The SMILES string of the molecule is N#C[C@@]1(C2CC2)CCN(c2ccnc(Nc3cccc(NC4CC4)n3)c2)C1=O. The Morgan fingerprint density at radius 1 is 1.14 bits per heavy atom. The number of carbonyl (C=O) groups is 1. The van der Waals surface area contributed by atoms with Gasteiger partial charge in [0, 0.05) is 30.5 Å². The van der Waals surface area contributed by atoms with E-state index in [0.717, 1.165) is 24.3 Å². The molecule has 2 saturated carbocycles. The lowest BCUT2D eigenvalue weighted by Crippen LogP contribution is -2.35. The van der Waals surface area contributed by atoms with Crippen LogP contribution >= 0.6 is 0 Å². The molecule has 1 saturated heterocycles. The van der Waals surface area contributed by atoms with Gasteiger partial charge in [0.05, 0.1) is 6.07 Å². The van der Waals surface area contributed by atoms with Gasteiger partial charge in [-0.05, 0) is 56.2 Å². The number of hydrogen-bond acceptors (Lipinski definition) is 6. The van der Waals surface area contributed by atoms with Crippen LogP contribution in [0, 0.1) is 22.7 Å². The molecule has 3 heterocycles. The van der Waals surface area contributed by atoms with Crippen LogP contribution in [-0.4, -0.2) is 28.5 Å². The van der Waals surface area contributed by atoms with E-state index in [1.165, 1.54) is 12.8 Å². The van der Waals surface area contributed by atoms with Crippen LogP contribution in [0.3, 0.4) is 0 Å². The minimum atomic E-state index is -0.832. The lowest BCUT2D eigenvalue weighted by molar-refractivity contribution is -0.123. The standard InChI is InChI=1S/C21H22N6O/c22-13-21(14-4-5-14)9-11-27(20(21)28)16-8-10-23-19(12-16)26-18-3-1-2-17(25-18)24-15-6-7-15/h1-3,8,10,12,14-15H,4-7,9,11H2,(H2,23,24,25,26)/t21-/m1/s1. The highest BCUT2D eigenvalue weighted by molar-refractivity contribution is 6.02. The van der Waals surface area contributed by atoms with Crippen molar-refractivity contribution in [3.63, 3.8) is 0 Å². The summed E-state index contributed by atoms with van der Waals surface area (Å²) in [6.07, 6.45) is 6.63. The molecule has 1 amide bonds. The molecule has 3 fully saturated rings. The fourth-order valence-electron chi connectivity index (χ4n) is 3.94. The molecule has 2 aromatic rings. The van der Waals surface area contributed by atoms with Gasteiger partial charge >= 0.3 is 0 Å². The van der Waals surface area contributed by atoms with Crippen LogP contribution in [0.5, 0.6) is 0 Å². The Morgan fingerprint density at radius 3 is 2.71 bits per heavy atom. The van der Waals surface area contributed by atoms with Crippen molar-refractivity contribution in [3.05, 3.63) is 36.5 Å². The van der Waals surface area contributed by atoms with E-state index in [1.54, 1.807) is 11.1 Å². The van der Waals surface area contributed by atoms with Gasteiger partial charge in [-0.1, -0.05) is 6.07 Å². The summed E-state index contributed by atoms with van der Waals surface area (Å²) in [5.74, 6) is 2.33.